The maximum Gasteiger partial charge on any atom is 0.230 e. The van der Waals surface area contributed by atoms with Crippen LogP contribution in [0.25, 0.3) is 75.8 Å². The summed E-state index contributed by atoms with van der Waals surface area (Å²) >= 11 is 0. The van der Waals surface area contributed by atoms with E-state index < -0.39 is 0 Å². The Kier molecular flexibility index (Phi) is 4.69. The van der Waals surface area contributed by atoms with Crippen molar-refractivity contribution in [2.24, 2.45) is 0 Å². The number of rotatable bonds is 0. The number of hydrogen-bond acceptors (Lipinski definition) is 2. The molecule has 210 valence electrons. The molecular weight excluding hydrogens is 524 g/mol. The highest BCUT2D eigenvalue weighted by Crippen LogP contribution is 2.52. The minimum atomic E-state index is 0.0803. The lowest BCUT2D eigenvalue weighted by atomic mass is 9.81. The van der Waals surface area contributed by atoms with Crippen LogP contribution in [-0.4, -0.2) is 6.79 Å². The Hall–Kier alpha value is -4.56. The fourth-order valence-electron chi connectivity index (χ4n) is 7.50. The van der Waals surface area contributed by atoms with Crippen molar-refractivity contribution in [3.8, 4) is 22.6 Å². The van der Waals surface area contributed by atoms with Gasteiger partial charge in [0.25, 0.3) is 0 Å². The van der Waals surface area contributed by atoms with Gasteiger partial charge in [-0.25, -0.2) is 0 Å². The van der Waals surface area contributed by atoms with Crippen molar-refractivity contribution in [2.45, 2.75) is 52.4 Å². The van der Waals surface area contributed by atoms with Gasteiger partial charge in [-0.05, 0) is 98.7 Å². The standard InChI is InChI=1S/C41H34O2/c1-40(2,3)28-15-22-7-9-26-19-32-38(30-13-11-24(17-28)34(22)36(26)30)39-31-14-12-25-18-29(41(4,5)6)16-23-8-10-27(37(31)35(23)25)20-33(39)43-21-42-32/h7-20H,21H2,1-6H3. The molecule has 1 aliphatic rings. The van der Waals surface area contributed by atoms with E-state index >= 15 is 0 Å². The van der Waals surface area contributed by atoms with E-state index in [1.165, 1.54) is 75.8 Å². The molecule has 2 nitrogen and oxygen atoms in total. The summed E-state index contributed by atoms with van der Waals surface area (Å²) in [5, 5.41) is 15.2. The summed E-state index contributed by atoms with van der Waals surface area (Å²) in [5.74, 6) is 1.76. The molecule has 0 saturated carbocycles. The molecule has 8 aromatic rings. The van der Waals surface area contributed by atoms with Crippen LogP contribution in [0.5, 0.6) is 11.5 Å². The third-order valence-electron chi connectivity index (χ3n) is 9.77. The summed E-state index contributed by atoms with van der Waals surface area (Å²) in [5.41, 5.74) is 5.13. The van der Waals surface area contributed by atoms with Gasteiger partial charge in [0.2, 0.25) is 6.79 Å². The monoisotopic (exact) mass is 558 g/mol. The summed E-state index contributed by atoms with van der Waals surface area (Å²) in [6.07, 6.45) is 0. The minimum absolute atomic E-state index is 0.0803. The van der Waals surface area contributed by atoms with Gasteiger partial charge in [-0.2, -0.15) is 0 Å². The number of ether oxygens (including phenoxy) is 2. The third-order valence-corrected chi connectivity index (χ3v) is 9.77. The van der Waals surface area contributed by atoms with E-state index in [0.29, 0.717) is 0 Å². The zero-order valence-corrected chi connectivity index (χ0v) is 25.6. The van der Waals surface area contributed by atoms with Crippen LogP contribution in [0.4, 0.5) is 0 Å². The van der Waals surface area contributed by atoms with Gasteiger partial charge >= 0.3 is 0 Å². The van der Waals surface area contributed by atoms with Crippen LogP contribution in [0.1, 0.15) is 52.7 Å². The second-order valence-electron chi connectivity index (χ2n) is 14.6. The lowest BCUT2D eigenvalue weighted by Crippen LogP contribution is -2.10. The summed E-state index contributed by atoms with van der Waals surface area (Å²) in [4.78, 5) is 0. The summed E-state index contributed by atoms with van der Waals surface area (Å²) in [6, 6.07) is 32.2. The Morgan fingerprint density at radius 3 is 1.09 bits per heavy atom. The third kappa shape index (κ3) is 3.41. The Bertz CT molecular complexity index is 2220. The van der Waals surface area contributed by atoms with Crippen molar-refractivity contribution in [3.05, 3.63) is 96.1 Å². The molecule has 0 radical (unpaired) electrons. The zero-order valence-electron chi connectivity index (χ0n) is 25.6. The SMILES string of the molecule is CC(C)(C)c1cc2ccc3cc4c(c5ccc(c1)c2c35)-c1c(cc2ccc3cc(C(C)(C)C)cc5ccc1c2c35)OCO4. The Morgan fingerprint density at radius 1 is 0.419 bits per heavy atom. The lowest BCUT2D eigenvalue weighted by molar-refractivity contribution is 0.125. The summed E-state index contributed by atoms with van der Waals surface area (Å²) in [7, 11) is 0. The smallest absolute Gasteiger partial charge is 0.230 e. The van der Waals surface area contributed by atoms with Crippen molar-refractivity contribution in [2.75, 3.05) is 6.79 Å². The first-order valence-electron chi connectivity index (χ1n) is 15.3. The second kappa shape index (κ2) is 8.08. The highest BCUT2D eigenvalue weighted by atomic mass is 16.7. The topological polar surface area (TPSA) is 18.5 Å². The van der Waals surface area contributed by atoms with Crippen LogP contribution in [0, 0.1) is 0 Å². The van der Waals surface area contributed by atoms with Gasteiger partial charge in [-0.1, -0.05) is 114 Å². The lowest BCUT2D eigenvalue weighted by Gasteiger charge is -2.23. The van der Waals surface area contributed by atoms with Crippen LogP contribution in [0.15, 0.2) is 84.9 Å². The molecule has 0 fully saturated rings. The molecule has 0 atom stereocenters. The molecule has 8 aromatic carbocycles. The van der Waals surface area contributed by atoms with E-state index in [9.17, 15) is 0 Å². The minimum Gasteiger partial charge on any atom is -0.457 e. The molecule has 2 heteroatoms. The molecule has 0 saturated heterocycles. The largest absolute Gasteiger partial charge is 0.457 e. The maximum atomic E-state index is 6.38. The molecule has 9 rings (SSSR count). The number of fused-ring (bicyclic) bond motifs is 5. The van der Waals surface area contributed by atoms with Crippen LogP contribution in [0.3, 0.4) is 0 Å². The van der Waals surface area contributed by atoms with Crippen molar-refractivity contribution < 1.29 is 9.47 Å². The molecule has 0 aliphatic carbocycles. The molecule has 0 unspecified atom stereocenters. The van der Waals surface area contributed by atoms with Gasteiger partial charge < -0.3 is 9.47 Å². The van der Waals surface area contributed by atoms with Crippen molar-refractivity contribution >= 4 is 64.6 Å². The molecule has 0 spiro atoms. The Balaban J connectivity index is 1.42. The fraction of sp³-hybridized carbons (Fsp3) is 0.220. The van der Waals surface area contributed by atoms with Gasteiger partial charge in [0.05, 0.1) is 0 Å². The molecule has 0 aromatic heterocycles. The van der Waals surface area contributed by atoms with Crippen molar-refractivity contribution in [1.82, 2.24) is 0 Å². The van der Waals surface area contributed by atoms with Crippen molar-refractivity contribution in [3.63, 3.8) is 0 Å². The molecule has 0 bridgehead atoms. The number of hydrogen-bond donors (Lipinski definition) is 0. The maximum absolute atomic E-state index is 6.38. The Morgan fingerprint density at radius 2 is 0.744 bits per heavy atom. The first-order valence-corrected chi connectivity index (χ1v) is 15.3. The van der Waals surface area contributed by atoms with Gasteiger partial charge in [0.1, 0.15) is 11.5 Å². The fourth-order valence-corrected chi connectivity index (χ4v) is 7.50. The first kappa shape index (κ1) is 25.0. The molecular formula is C41H34O2. The highest BCUT2D eigenvalue weighted by molar-refractivity contribution is 6.31. The molecule has 0 amide bonds. The normalized spacial score (nSPS) is 14.1. The van der Waals surface area contributed by atoms with Gasteiger partial charge in [-0.3, -0.25) is 0 Å². The van der Waals surface area contributed by atoms with E-state index in [1.54, 1.807) is 0 Å². The van der Waals surface area contributed by atoms with Crippen LogP contribution >= 0.6 is 0 Å². The van der Waals surface area contributed by atoms with E-state index in [1.807, 2.05) is 0 Å². The van der Waals surface area contributed by atoms with E-state index in [0.717, 1.165) is 22.6 Å². The number of benzene rings is 8. The summed E-state index contributed by atoms with van der Waals surface area (Å²) in [6.45, 7) is 13.9. The quantitative estimate of drug-likeness (QED) is 0.172. The Labute approximate surface area is 251 Å². The zero-order chi connectivity index (χ0) is 29.4. The predicted octanol–water partition coefficient (Wildman–Crippen LogP) is 11.5. The molecule has 1 heterocycles. The van der Waals surface area contributed by atoms with E-state index in [4.69, 9.17) is 9.47 Å². The average molecular weight is 559 g/mol. The molecule has 43 heavy (non-hydrogen) atoms. The second-order valence-corrected chi connectivity index (χ2v) is 14.6. The summed E-state index contributed by atoms with van der Waals surface area (Å²) < 4.78 is 12.8. The van der Waals surface area contributed by atoms with Crippen LogP contribution in [-0.2, 0) is 10.8 Å². The van der Waals surface area contributed by atoms with Crippen LogP contribution in [0.2, 0.25) is 0 Å². The van der Waals surface area contributed by atoms with Gasteiger partial charge in [0.15, 0.2) is 0 Å². The first-order chi connectivity index (χ1) is 20.6. The highest BCUT2D eigenvalue weighted by Gasteiger charge is 2.27. The van der Waals surface area contributed by atoms with E-state index in [-0.39, 0.29) is 17.6 Å². The molecule has 0 N–H and O–H groups in total. The van der Waals surface area contributed by atoms with Gasteiger partial charge in [-0.15, -0.1) is 0 Å². The predicted molar refractivity (Wildman–Crippen MR) is 183 cm³/mol. The van der Waals surface area contributed by atoms with Crippen molar-refractivity contribution in [1.29, 1.82) is 0 Å². The van der Waals surface area contributed by atoms with Crippen LogP contribution < -0.4 is 9.47 Å². The average Bonchev–Trinajstić information content (AvgIpc) is 3.16. The van der Waals surface area contributed by atoms with Gasteiger partial charge in [0, 0.05) is 11.1 Å². The molecule has 1 aliphatic heterocycles. The van der Waals surface area contributed by atoms with E-state index in [2.05, 4.69) is 126 Å².